The molecule has 0 aromatic rings. The Bertz CT molecular complexity index is 333. The van der Waals surface area contributed by atoms with Crippen LogP contribution in [-0.2, 0) is 9.59 Å². The van der Waals surface area contributed by atoms with Crippen LogP contribution in [0.25, 0.3) is 0 Å². The Morgan fingerprint density at radius 3 is 2.30 bits per heavy atom. The van der Waals surface area contributed by atoms with Crippen molar-refractivity contribution in [1.82, 2.24) is 16.0 Å². The first-order chi connectivity index (χ1) is 9.36. The van der Waals surface area contributed by atoms with Crippen LogP contribution < -0.4 is 16.0 Å². The van der Waals surface area contributed by atoms with Crippen molar-refractivity contribution in [2.75, 3.05) is 19.7 Å². The number of aliphatic hydroxyl groups excluding tert-OH is 1. The van der Waals surface area contributed by atoms with E-state index in [0.717, 1.165) is 0 Å². The molecule has 0 spiro atoms. The summed E-state index contributed by atoms with van der Waals surface area (Å²) in [6.45, 7) is 4.29. The molecule has 0 bridgehead atoms. The van der Waals surface area contributed by atoms with Crippen LogP contribution in [0.3, 0.4) is 0 Å². The summed E-state index contributed by atoms with van der Waals surface area (Å²) >= 11 is 0. The van der Waals surface area contributed by atoms with Crippen LogP contribution in [0, 0.1) is 5.92 Å². The molecule has 0 heterocycles. The molecule has 5 N–H and O–H groups in total. The number of nitrogens with one attached hydrogen (secondary N) is 3. The van der Waals surface area contributed by atoms with E-state index in [4.69, 9.17) is 10.2 Å². The Morgan fingerprint density at radius 2 is 1.80 bits per heavy atom. The molecule has 20 heavy (non-hydrogen) atoms. The Morgan fingerprint density at radius 1 is 1.15 bits per heavy atom. The summed E-state index contributed by atoms with van der Waals surface area (Å²) in [4.78, 5) is 33.5. The highest BCUT2D eigenvalue weighted by Crippen LogP contribution is 1.91. The van der Waals surface area contributed by atoms with Gasteiger partial charge in [-0.25, -0.2) is 9.59 Å². The normalized spacial score (nSPS) is 11.8. The molecule has 0 aliphatic rings. The van der Waals surface area contributed by atoms with Gasteiger partial charge < -0.3 is 26.2 Å². The summed E-state index contributed by atoms with van der Waals surface area (Å²) in [5.74, 6) is -1.04. The third-order valence-corrected chi connectivity index (χ3v) is 2.37. The van der Waals surface area contributed by atoms with Crippen molar-refractivity contribution < 1.29 is 24.6 Å². The van der Waals surface area contributed by atoms with Gasteiger partial charge >= 0.3 is 12.0 Å². The first-order valence-corrected chi connectivity index (χ1v) is 6.51. The van der Waals surface area contributed by atoms with Crippen LogP contribution in [0.4, 0.5) is 4.79 Å². The van der Waals surface area contributed by atoms with Gasteiger partial charge in [0.1, 0.15) is 6.04 Å². The van der Waals surface area contributed by atoms with Gasteiger partial charge in [0.25, 0.3) is 0 Å². The van der Waals surface area contributed by atoms with Crippen molar-refractivity contribution in [3.8, 4) is 0 Å². The monoisotopic (exact) mass is 289 g/mol. The van der Waals surface area contributed by atoms with E-state index in [1.54, 1.807) is 0 Å². The van der Waals surface area contributed by atoms with Crippen molar-refractivity contribution in [2.24, 2.45) is 5.92 Å². The smallest absolute Gasteiger partial charge is 0.326 e. The van der Waals surface area contributed by atoms with Gasteiger partial charge in [-0.3, -0.25) is 4.79 Å². The largest absolute Gasteiger partial charge is 0.480 e. The molecular weight excluding hydrogens is 266 g/mol. The van der Waals surface area contributed by atoms with E-state index in [0.29, 0.717) is 12.5 Å². The maximum absolute atomic E-state index is 11.4. The van der Waals surface area contributed by atoms with Gasteiger partial charge in [-0.05, 0) is 5.92 Å². The van der Waals surface area contributed by atoms with Crippen molar-refractivity contribution in [3.63, 3.8) is 0 Å². The molecule has 3 amide bonds. The molecule has 8 heteroatoms. The van der Waals surface area contributed by atoms with Crippen molar-refractivity contribution in [2.45, 2.75) is 32.7 Å². The Hall–Kier alpha value is -1.83. The molecule has 116 valence electrons. The van der Waals surface area contributed by atoms with Gasteiger partial charge in [-0.15, -0.1) is 0 Å². The fourth-order valence-electron chi connectivity index (χ4n) is 1.29. The van der Waals surface area contributed by atoms with Crippen molar-refractivity contribution >= 4 is 17.9 Å². The standard InChI is InChI=1S/C12H23N3O5/c1-8(2)7-14-10(17)3-5-13-12(20)15-9(4-6-16)11(18)19/h8-9,16H,3-7H2,1-2H3,(H,14,17)(H,18,19)(H2,13,15,20)/t9-/m1/s1. The maximum Gasteiger partial charge on any atom is 0.326 e. The summed E-state index contributed by atoms with van der Waals surface area (Å²) in [7, 11) is 0. The van der Waals surface area contributed by atoms with Crippen molar-refractivity contribution in [1.29, 1.82) is 0 Å². The fraction of sp³-hybridized carbons (Fsp3) is 0.750. The second-order valence-corrected chi connectivity index (χ2v) is 4.75. The van der Waals surface area contributed by atoms with Gasteiger partial charge in [-0.1, -0.05) is 13.8 Å². The number of carboxylic acids is 1. The minimum absolute atomic E-state index is 0.0718. The Balaban J connectivity index is 3.87. The van der Waals surface area contributed by atoms with Crippen LogP contribution in [0.5, 0.6) is 0 Å². The molecule has 0 unspecified atom stereocenters. The number of amides is 3. The molecule has 1 atom stereocenters. The Kier molecular flexibility index (Phi) is 9.10. The summed E-state index contributed by atoms with van der Waals surface area (Å²) in [5, 5.41) is 24.7. The third kappa shape index (κ3) is 9.15. The highest BCUT2D eigenvalue weighted by Gasteiger charge is 2.18. The Labute approximate surface area is 117 Å². The zero-order chi connectivity index (χ0) is 15.5. The molecule has 0 aromatic carbocycles. The van der Waals surface area contributed by atoms with Gasteiger partial charge in [0.05, 0.1) is 0 Å². The van der Waals surface area contributed by atoms with E-state index in [1.165, 1.54) is 0 Å². The second kappa shape index (κ2) is 10.0. The lowest BCUT2D eigenvalue weighted by molar-refractivity contribution is -0.139. The topological polar surface area (TPSA) is 128 Å². The van der Waals surface area contributed by atoms with Crippen LogP contribution in [0.1, 0.15) is 26.7 Å². The molecule has 8 nitrogen and oxygen atoms in total. The first-order valence-electron chi connectivity index (χ1n) is 6.51. The highest BCUT2D eigenvalue weighted by molar-refractivity contribution is 5.83. The molecule has 0 rings (SSSR count). The molecule has 0 aliphatic heterocycles. The van der Waals surface area contributed by atoms with Crippen LogP contribution in [0.15, 0.2) is 0 Å². The fourth-order valence-corrected chi connectivity index (χ4v) is 1.29. The molecule has 0 saturated heterocycles. The minimum atomic E-state index is -1.22. The lowest BCUT2D eigenvalue weighted by atomic mass is 10.2. The number of rotatable bonds is 9. The zero-order valence-electron chi connectivity index (χ0n) is 11.8. The molecule has 0 fully saturated rings. The summed E-state index contributed by atoms with van der Waals surface area (Å²) in [6.07, 6.45) is 0.0511. The number of carboxylic acid groups (broad SMARTS) is 1. The highest BCUT2D eigenvalue weighted by atomic mass is 16.4. The minimum Gasteiger partial charge on any atom is -0.480 e. The number of aliphatic hydroxyl groups is 1. The van der Waals surface area contributed by atoms with Gasteiger partial charge in [0.2, 0.25) is 5.91 Å². The van der Waals surface area contributed by atoms with E-state index in [9.17, 15) is 14.4 Å². The van der Waals surface area contributed by atoms with Crippen LogP contribution in [0.2, 0.25) is 0 Å². The van der Waals surface area contributed by atoms with E-state index in [1.807, 2.05) is 13.8 Å². The average molecular weight is 289 g/mol. The van der Waals surface area contributed by atoms with E-state index in [-0.39, 0.29) is 31.9 Å². The third-order valence-electron chi connectivity index (χ3n) is 2.37. The number of hydrogen-bond donors (Lipinski definition) is 5. The summed E-state index contributed by atoms with van der Waals surface area (Å²) < 4.78 is 0. The van der Waals surface area contributed by atoms with Gasteiger partial charge in [-0.2, -0.15) is 0 Å². The summed E-state index contributed by atoms with van der Waals surface area (Å²) in [5.41, 5.74) is 0. The zero-order valence-corrected chi connectivity index (χ0v) is 11.8. The molecule has 0 saturated carbocycles. The predicted molar refractivity (Wildman–Crippen MR) is 72.1 cm³/mol. The van der Waals surface area contributed by atoms with Gasteiger partial charge in [0.15, 0.2) is 0 Å². The SMILES string of the molecule is CC(C)CNC(=O)CCNC(=O)N[C@H](CCO)C(=O)O. The lowest BCUT2D eigenvalue weighted by Gasteiger charge is -2.14. The molecule has 0 radical (unpaired) electrons. The van der Waals surface area contributed by atoms with Crippen LogP contribution in [-0.4, -0.2) is 53.9 Å². The predicted octanol–water partition coefficient (Wildman–Crippen LogP) is -0.716. The van der Waals surface area contributed by atoms with E-state index >= 15 is 0 Å². The van der Waals surface area contributed by atoms with E-state index < -0.39 is 18.0 Å². The molecule has 0 aromatic heterocycles. The van der Waals surface area contributed by atoms with E-state index in [2.05, 4.69) is 16.0 Å². The van der Waals surface area contributed by atoms with Crippen LogP contribution >= 0.6 is 0 Å². The first kappa shape index (κ1) is 18.2. The van der Waals surface area contributed by atoms with Gasteiger partial charge in [0, 0.05) is 32.5 Å². The molecular formula is C12H23N3O5. The maximum atomic E-state index is 11.4. The lowest BCUT2D eigenvalue weighted by Crippen LogP contribution is -2.47. The average Bonchev–Trinajstić information content (AvgIpc) is 2.35. The number of aliphatic carboxylic acids is 1. The molecule has 0 aliphatic carbocycles. The second-order valence-electron chi connectivity index (χ2n) is 4.75. The number of carbonyl (C=O) groups is 3. The summed E-state index contributed by atoms with van der Waals surface area (Å²) in [6, 6.07) is -1.82. The number of hydrogen-bond acceptors (Lipinski definition) is 4. The quantitative estimate of drug-likeness (QED) is 0.383. The van der Waals surface area contributed by atoms with Crippen molar-refractivity contribution in [3.05, 3.63) is 0 Å². The number of urea groups is 1. The number of carbonyl (C=O) groups excluding carboxylic acids is 2.